The van der Waals surface area contributed by atoms with E-state index in [0.717, 1.165) is 5.56 Å². The number of aromatic nitrogens is 2. The molecule has 0 bridgehead atoms. The van der Waals surface area contributed by atoms with Gasteiger partial charge in [0.15, 0.2) is 0 Å². The van der Waals surface area contributed by atoms with Crippen LogP contribution in [0.5, 0.6) is 0 Å². The molecule has 0 aliphatic heterocycles. The first kappa shape index (κ1) is 12.6. The van der Waals surface area contributed by atoms with E-state index in [9.17, 15) is 4.79 Å². The third-order valence-corrected chi connectivity index (χ3v) is 3.17. The predicted octanol–water partition coefficient (Wildman–Crippen LogP) is 3.20. The molecule has 1 amide bonds. The molecule has 18 heavy (non-hydrogen) atoms. The zero-order chi connectivity index (χ0) is 13.1. The van der Waals surface area contributed by atoms with Crippen molar-refractivity contribution >= 4 is 17.6 Å². The van der Waals surface area contributed by atoms with Crippen LogP contribution in [0.15, 0.2) is 43.0 Å². The lowest BCUT2D eigenvalue weighted by atomic mass is 10.1. The van der Waals surface area contributed by atoms with E-state index in [1.54, 1.807) is 24.3 Å². The lowest BCUT2D eigenvalue weighted by molar-refractivity contribution is 0.196. The average molecular weight is 264 g/mol. The van der Waals surface area contributed by atoms with Crippen LogP contribution in [-0.4, -0.2) is 27.5 Å². The van der Waals surface area contributed by atoms with Gasteiger partial charge >= 0.3 is 6.03 Å². The van der Waals surface area contributed by atoms with Gasteiger partial charge in [-0.25, -0.2) is 9.78 Å². The number of carbonyl (C=O) groups excluding carboxylic acids is 1. The first-order valence-corrected chi connectivity index (χ1v) is 5.98. The summed E-state index contributed by atoms with van der Waals surface area (Å²) in [6.07, 6.45) is 4.70. The van der Waals surface area contributed by atoms with Crippen LogP contribution in [0.3, 0.4) is 0 Å². The molecule has 0 aliphatic rings. The second-order valence-electron chi connectivity index (χ2n) is 4.09. The van der Waals surface area contributed by atoms with Crippen molar-refractivity contribution in [2.24, 2.45) is 0 Å². The van der Waals surface area contributed by atoms with Crippen molar-refractivity contribution in [3.8, 4) is 0 Å². The van der Waals surface area contributed by atoms with Crippen LogP contribution in [0.1, 0.15) is 18.5 Å². The summed E-state index contributed by atoms with van der Waals surface area (Å²) >= 11 is 5.95. The van der Waals surface area contributed by atoms with Gasteiger partial charge in [0.05, 0.1) is 6.04 Å². The van der Waals surface area contributed by atoms with Crippen LogP contribution in [0, 0.1) is 0 Å². The Morgan fingerprint density at radius 2 is 2.28 bits per heavy atom. The number of hydrogen-bond donors (Lipinski definition) is 0. The number of benzene rings is 1. The molecular formula is C13H14ClN3O. The Balaban J connectivity index is 2.18. The minimum Gasteiger partial charge on any atom is -0.320 e. The van der Waals surface area contributed by atoms with E-state index in [4.69, 9.17) is 11.6 Å². The summed E-state index contributed by atoms with van der Waals surface area (Å²) in [5.74, 6) is 0. The number of imidazole rings is 1. The van der Waals surface area contributed by atoms with E-state index in [1.807, 2.05) is 31.2 Å². The Kier molecular flexibility index (Phi) is 3.67. The van der Waals surface area contributed by atoms with Crippen molar-refractivity contribution < 1.29 is 4.79 Å². The van der Waals surface area contributed by atoms with Crippen molar-refractivity contribution in [3.05, 3.63) is 53.6 Å². The lowest BCUT2D eigenvalue weighted by Gasteiger charge is -2.25. The molecular weight excluding hydrogens is 250 g/mol. The van der Waals surface area contributed by atoms with Crippen LogP contribution in [-0.2, 0) is 0 Å². The Morgan fingerprint density at radius 1 is 1.50 bits per heavy atom. The molecule has 94 valence electrons. The molecule has 1 aromatic heterocycles. The van der Waals surface area contributed by atoms with E-state index in [2.05, 4.69) is 4.98 Å². The molecule has 1 unspecified atom stereocenters. The second-order valence-corrected chi connectivity index (χ2v) is 4.53. The number of hydrogen-bond acceptors (Lipinski definition) is 2. The lowest BCUT2D eigenvalue weighted by Crippen LogP contribution is -2.32. The Bertz CT molecular complexity index is 539. The van der Waals surface area contributed by atoms with Gasteiger partial charge in [0.2, 0.25) is 0 Å². The van der Waals surface area contributed by atoms with E-state index in [0.29, 0.717) is 5.02 Å². The summed E-state index contributed by atoms with van der Waals surface area (Å²) in [5, 5.41) is 0.669. The summed E-state index contributed by atoms with van der Waals surface area (Å²) in [4.78, 5) is 17.6. The fourth-order valence-electron chi connectivity index (χ4n) is 1.71. The van der Waals surface area contributed by atoms with E-state index < -0.39 is 0 Å². The average Bonchev–Trinajstić information content (AvgIpc) is 2.90. The fraction of sp³-hybridized carbons (Fsp3) is 0.231. The monoisotopic (exact) mass is 263 g/mol. The van der Waals surface area contributed by atoms with Crippen molar-refractivity contribution in [2.45, 2.75) is 13.0 Å². The smallest absolute Gasteiger partial charge is 0.320 e. The van der Waals surface area contributed by atoms with Crippen LogP contribution < -0.4 is 0 Å². The highest BCUT2D eigenvalue weighted by Crippen LogP contribution is 2.22. The number of rotatable bonds is 2. The fourth-order valence-corrected chi connectivity index (χ4v) is 1.91. The maximum atomic E-state index is 12.1. The molecule has 0 aliphatic carbocycles. The van der Waals surface area contributed by atoms with Gasteiger partial charge in [-0.05, 0) is 24.6 Å². The van der Waals surface area contributed by atoms with Crippen molar-refractivity contribution in [1.82, 2.24) is 14.5 Å². The van der Waals surface area contributed by atoms with Gasteiger partial charge in [-0.1, -0.05) is 23.7 Å². The van der Waals surface area contributed by atoms with Crippen molar-refractivity contribution in [3.63, 3.8) is 0 Å². The number of carbonyl (C=O) groups is 1. The van der Waals surface area contributed by atoms with Crippen LogP contribution in [0.25, 0.3) is 0 Å². The summed E-state index contributed by atoms with van der Waals surface area (Å²) in [6.45, 7) is 1.96. The maximum absolute atomic E-state index is 12.1. The summed E-state index contributed by atoms with van der Waals surface area (Å²) < 4.78 is 1.45. The van der Waals surface area contributed by atoms with Gasteiger partial charge in [0.25, 0.3) is 0 Å². The van der Waals surface area contributed by atoms with Crippen molar-refractivity contribution in [1.29, 1.82) is 0 Å². The molecule has 1 aromatic carbocycles. The highest BCUT2D eigenvalue weighted by Gasteiger charge is 2.18. The highest BCUT2D eigenvalue weighted by molar-refractivity contribution is 6.30. The topological polar surface area (TPSA) is 38.1 Å². The molecule has 0 radical (unpaired) electrons. The zero-order valence-corrected chi connectivity index (χ0v) is 11.0. The van der Waals surface area contributed by atoms with Gasteiger partial charge in [-0.15, -0.1) is 0 Å². The molecule has 4 nitrogen and oxygen atoms in total. The van der Waals surface area contributed by atoms with Crippen molar-refractivity contribution in [2.75, 3.05) is 7.05 Å². The van der Waals surface area contributed by atoms with Gasteiger partial charge in [-0.3, -0.25) is 4.57 Å². The van der Waals surface area contributed by atoms with Crippen LogP contribution >= 0.6 is 11.6 Å². The molecule has 2 rings (SSSR count). The van der Waals surface area contributed by atoms with E-state index >= 15 is 0 Å². The second kappa shape index (κ2) is 5.23. The molecule has 1 atom stereocenters. The molecule has 5 heteroatoms. The van der Waals surface area contributed by atoms with Crippen LogP contribution in [0.4, 0.5) is 4.79 Å². The first-order chi connectivity index (χ1) is 8.59. The largest absolute Gasteiger partial charge is 0.329 e. The normalized spacial score (nSPS) is 12.2. The number of nitrogens with zero attached hydrogens (tertiary/aromatic N) is 3. The predicted molar refractivity (Wildman–Crippen MR) is 70.7 cm³/mol. The number of halogens is 1. The zero-order valence-electron chi connectivity index (χ0n) is 10.2. The Morgan fingerprint density at radius 3 is 2.89 bits per heavy atom. The Labute approximate surface area is 111 Å². The third kappa shape index (κ3) is 2.54. The molecule has 0 saturated carbocycles. The highest BCUT2D eigenvalue weighted by atomic mass is 35.5. The van der Waals surface area contributed by atoms with Gasteiger partial charge in [-0.2, -0.15) is 0 Å². The number of amides is 1. The minimum atomic E-state index is -0.125. The standard InChI is InChI=1S/C13H14ClN3O/c1-10(11-4-3-5-12(14)8-11)16(2)13(18)17-7-6-15-9-17/h3-10H,1-2H3. The molecule has 0 N–H and O–H groups in total. The SMILES string of the molecule is CC(c1cccc(Cl)c1)N(C)C(=O)n1ccnc1. The van der Waals surface area contributed by atoms with Gasteiger partial charge in [0.1, 0.15) is 6.33 Å². The van der Waals surface area contributed by atoms with E-state index in [1.165, 1.54) is 10.9 Å². The molecule has 2 aromatic rings. The third-order valence-electron chi connectivity index (χ3n) is 2.94. The molecule has 1 heterocycles. The minimum absolute atomic E-state index is 0.0569. The van der Waals surface area contributed by atoms with Gasteiger partial charge in [0, 0.05) is 24.5 Å². The molecule has 0 spiro atoms. The first-order valence-electron chi connectivity index (χ1n) is 5.60. The summed E-state index contributed by atoms with van der Waals surface area (Å²) in [7, 11) is 1.76. The summed E-state index contributed by atoms with van der Waals surface area (Å²) in [6, 6.07) is 7.33. The molecule has 0 fully saturated rings. The Hall–Kier alpha value is -1.81. The van der Waals surface area contributed by atoms with Crippen LogP contribution in [0.2, 0.25) is 5.02 Å². The quantitative estimate of drug-likeness (QED) is 0.835. The molecule has 0 saturated heterocycles. The van der Waals surface area contributed by atoms with E-state index in [-0.39, 0.29) is 12.1 Å². The summed E-state index contributed by atoms with van der Waals surface area (Å²) in [5.41, 5.74) is 0.999. The maximum Gasteiger partial charge on any atom is 0.329 e. The van der Waals surface area contributed by atoms with Gasteiger partial charge < -0.3 is 4.90 Å².